The van der Waals surface area contributed by atoms with Crippen LogP contribution in [0.2, 0.25) is 0 Å². The van der Waals surface area contributed by atoms with Crippen molar-refractivity contribution in [3.63, 3.8) is 0 Å². The van der Waals surface area contributed by atoms with Crippen LogP contribution in [-0.2, 0) is 5.75 Å². The number of hydrogen-bond acceptors (Lipinski definition) is 10. The fraction of sp³-hybridized carbons (Fsp3) is 0.118. The molecule has 134 valence electrons. The van der Waals surface area contributed by atoms with E-state index >= 15 is 0 Å². The molecule has 27 heavy (non-hydrogen) atoms. The SMILES string of the molecule is c1csc(-c2cnnc(SCc3nc(-c4ccc5c(c4)OCO5)no3)n2)c1. The van der Waals surface area contributed by atoms with Crippen molar-refractivity contribution in [3.05, 3.63) is 47.8 Å². The van der Waals surface area contributed by atoms with E-state index in [9.17, 15) is 0 Å². The Hall–Kier alpha value is -2.98. The molecule has 3 aromatic heterocycles. The highest BCUT2D eigenvalue weighted by molar-refractivity contribution is 7.98. The van der Waals surface area contributed by atoms with E-state index in [1.165, 1.54) is 11.8 Å². The lowest BCUT2D eigenvalue weighted by Crippen LogP contribution is -1.93. The Labute approximate surface area is 161 Å². The van der Waals surface area contributed by atoms with Crippen molar-refractivity contribution in [2.24, 2.45) is 0 Å². The summed E-state index contributed by atoms with van der Waals surface area (Å²) >= 11 is 3.00. The number of benzene rings is 1. The van der Waals surface area contributed by atoms with Crippen LogP contribution in [0.3, 0.4) is 0 Å². The summed E-state index contributed by atoms with van der Waals surface area (Å²) in [5, 5.41) is 14.7. The predicted octanol–water partition coefficient (Wildman–Crippen LogP) is 3.67. The number of hydrogen-bond donors (Lipinski definition) is 0. The van der Waals surface area contributed by atoms with Gasteiger partial charge in [-0.2, -0.15) is 10.1 Å². The summed E-state index contributed by atoms with van der Waals surface area (Å²) < 4.78 is 16.0. The largest absolute Gasteiger partial charge is 0.454 e. The fourth-order valence-electron chi connectivity index (χ4n) is 2.48. The molecular weight excluding hydrogens is 386 g/mol. The molecule has 1 aliphatic rings. The molecule has 0 saturated heterocycles. The second kappa shape index (κ2) is 6.97. The summed E-state index contributed by atoms with van der Waals surface area (Å²) in [5.74, 6) is 2.83. The van der Waals surface area contributed by atoms with Gasteiger partial charge in [0.2, 0.25) is 23.7 Å². The Kier molecular flexibility index (Phi) is 4.18. The van der Waals surface area contributed by atoms with Crippen molar-refractivity contribution in [1.29, 1.82) is 0 Å². The molecule has 1 aliphatic heterocycles. The van der Waals surface area contributed by atoms with Gasteiger partial charge < -0.3 is 14.0 Å². The van der Waals surface area contributed by atoms with Gasteiger partial charge in [-0.05, 0) is 29.6 Å². The van der Waals surface area contributed by atoms with Gasteiger partial charge in [0.1, 0.15) is 5.69 Å². The maximum Gasteiger partial charge on any atom is 0.237 e. The van der Waals surface area contributed by atoms with Gasteiger partial charge in [-0.25, -0.2) is 4.98 Å². The van der Waals surface area contributed by atoms with Gasteiger partial charge in [-0.1, -0.05) is 23.0 Å². The lowest BCUT2D eigenvalue weighted by Gasteiger charge is -1.99. The molecule has 0 saturated carbocycles. The quantitative estimate of drug-likeness (QED) is 0.467. The van der Waals surface area contributed by atoms with E-state index in [2.05, 4.69) is 25.3 Å². The number of thioether (sulfide) groups is 1. The standard InChI is InChI=1S/C17H11N5O3S2/c1-2-14(26-5-1)11-7-18-21-17(19-11)27-8-15-20-16(22-25-15)10-3-4-12-13(6-10)24-9-23-12/h1-7H,8-9H2. The monoisotopic (exact) mass is 397 g/mol. The maximum atomic E-state index is 5.38. The predicted molar refractivity (Wildman–Crippen MR) is 98.6 cm³/mol. The van der Waals surface area contributed by atoms with Crippen LogP contribution in [0.25, 0.3) is 22.0 Å². The third kappa shape index (κ3) is 3.36. The average Bonchev–Trinajstić information content (AvgIpc) is 3.47. The van der Waals surface area contributed by atoms with Crippen LogP contribution in [0.1, 0.15) is 5.89 Å². The van der Waals surface area contributed by atoms with Crippen LogP contribution < -0.4 is 9.47 Å². The first-order valence-electron chi connectivity index (χ1n) is 7.94. The van der Waals surface area contributed by atoms with E-state index in [4.69, 9.17) is 14.0 Å². The first-order valence-corrected chi connectivity index (χ1v) is 9.81. The van der Waals surface area contributed by atoms with Crippen molar-refractivity contribution in [1.82, 2.24) is 25.3 Å². The van der Waals surface area contributed by atoms with Crippen LogP contribution in [-0.4, -0.2) is 32.1 Å². The Balaban J connectivity index is 1.29. The summed E-state index contributed by atoms with van der Waals surface area (Å²) in [5.41, 5.74) is 1.60. The highest BCUT2D eigenvalue weighted by Gasteiger charge is 2.17. The molecule has 1 aromatic carbocycles. The molecule has 0 atom stereocenters. The molecule has 0 aliphatic carbocycles. The van der Waals surface area contributed by atoms with Gasteiger partial charge >= 0.3 is 0 Å². The van der Waals surface area contributed by atoms with Crippen LogP contribution >= 0.6 is 23.1 Å². The average molecular weight is 397 g/mol. The van der Waals surface area contributed by atoms with Crippen molar-refractivity contribution in [2.45, 2.75) is 10.9 Å². The van der Waals surface area contributed by atoms with E-state index in [1.54, 1.807) is 17.5 Å². The summed E-state index contributed by atoms with van der Waals surface area (Å²) in [4.78, 5) is 9.99. The Morgan fingerprint density at radius 1 is 1.11 bits per heavy atom. The molecule has 0 radical (unpaired) electrons. The van der Waals surface area contributed by atoms with Crippen molar-refractivity contribution < 1.29 is 14.0 Å². The summed E-state index contributed by atoms with van der Waals surface area (Å²) in [6.07, 6.45) is 1.65. The lowest BCUT2D eigenvalue weighted by atomic mass is 10.2. The molecular formula is C17H11N5O3S2. The van der Waals surface area contributed by atoms with Crippen molar-refractivity contribution >= 4 is 23.1 Å². The third-order valence-corrected chi connectivity index (χ3v) is 5.45. The zero-order valence-corrected chi connectivity index (χ0v) is 15.4. The number of nitrogens with zero attached hydrogens (tertiary/aromatic N) is 5. The van der Waals surface area contributed by atoms with Gasteiger partial charge in [0.25, 0.3) is 0 Å². The van der Waals surface area contributed by atoms with Crippen LogP contribution in [0.4, 0.5) is 0 Å². The molecule has 5 rings (SSSR count). The van der Waals surface area contributed by atoms with Gasteiger partial charge in [0, 0.05) is 5.56 Å². The number of aromatic nitrogens is 5. The number of ether oxygens (including phenoxy) is 2. The van der Waals surface area contributed by atoms with E-state index in [0.717, 1.165) is 16.1 Å². The molecule has 0 bridgehead atoms. The lowest BCUT2D eigenvalue weighted by molar-refractivity contribution is 0.174. The zero-order valence-electron chi connectivity index (χ0n) is 13.7. The summed E-state index contributed by atoms with van der Waals surface area (Å²) in [6.45, 7) is 0.228. The number of fused-ring (bicyclic) bond motifs is 1. The van der Waals surface area contributed by atoms with Crippen LogP contribution in [0.5, 0.6) is 11.5 Å². The fourth-order valence-corrected chi connectivity index (χ4v) is 3.80. The van der Waals surface area contributed by atoms with E-state index in [0.29, 0.717) is 34.1 Å². The summed E-state index contributed by atoms with van der Waals surface area (Å²) in [7, 11) is 0. The molecule has 10 heteroatoms. The first-order chi connectivity index (χ1) is 13.3. The Morgan fingerprint density at radius 3 is 3.00 bits per heavy atom. The van der Waals surface area contributed by atoms with E-state index in [1.807, 2.05) is 35.7 Å². The zero-order chi connectivity index (χ0) is 18.1. The molecule has 8 nitrogen and oxygen atoms in total. The summed E-state index contributed by atoms with van der Waals surface area (Å²) in [6, 6.07) is 9.51. The third-order valence-electron chi connectivity index (χ3n) is 3.74. The minimum absolute atomic E-state index is 0.228. The van der Waals surface area contributed by atoms with Gasteiger partial charge in [0.05, 0.1) is 16.8 Å². The number of rotatable bonds is 5. The molecule has 0 N–H and O–H groups in total. The molecule has 0 unspecified atom stereocenters. The first kappa shape index (κ1) is 16.2. The molecule has 0 spiro atoms. The smallest absolute Gasteiger partial charge is 0.237 e. The molecule has 0 fully saturated rings. The van der Waals surface area contributed by atoms with E-state index < -0.39 is 0 Å². The van der Waals surface area contributed by atoms with Gasteiger partial charge in [-0.15, -0.1) is 16.4 Å². The normalized spacial score (nSPS) is 12.4. The van der Waals surface area contributed by atoms with Gasteiger partial charge in [0.15, 0.2) is 11.5 Å². The van der Waals surface area contributed by atoms with Crippen molar-refractivity contribution in [2.75, 3.05) is 6.79 Å². The minimum Gasteiger partial charge on any atom is -0.454 e. The minimum atomic E-state index is 0.228. The van der Waals surface area contributed by atoms with E-state index in [-0.39, 0.29) is 6.79 Å². The van der Waals surface area contributed by atoms with Crippen LogP contribution in [0, 0.1) is 0 Å². The van der Waals surface area contributed by atoms with Crippen molar-refractivity contribution in [3.8, 4) is 33.5 Å². The molecule has 4 aromatic rings. The van der Waals surface area contributed by atoms with Crippen LogP contribution in [0.15, 0.2) is 51.6 Å². The second-order valence-electron chi connectivity index (χ2n) is 5.47. The Bertz CT molecular complexity index is 1080. The topological polar surface area (TPSA) is 96.1 Å². The molecule has 4 heterocycles. The second-order valence-corrected chi connectivity index (χ2v) is 7.36. The number of thiophene rings is 1. The highest BCUT2D eigenvalue weighted by atomic mass is 32.2. The molecule has 0 amide bonds. The van der Waals surface area contributed by atoms with Gasteiger partial charge in [-0.3, -0.25) is 0 Å². The highest BCUT2D eigenvalue weighted by Crippen LogP contribution is 2.35. The Morgan fingerprint density at radius 2 is 2.07 bits per heavy atom. The maximum absolute atomic E-state index is 5.38.